The van der Waals surface area contributed by atoms with Crippen molar-refractivity contribution in [1.29, 1.82) is 5.41 Å². The van der Waals surface area contributed by atoms with Crippen molar-refractivity contribution < 1.29 is 4.79 Å². The van der Waals surface area contributed by atoms with Gasteiger partial charge in [-0.1, -0.05) is 12.1 Å². The number of aromatic nitrogens is 1. The van der Waals surface area contributed by atoms with E-state index < -0.39 is 0 Å². The number of fused-ring (bicyclic) bond motifs is 1. The van der Waals surface area contributed by atoms with E-state index in [1.165, 1.54) is 6.21 Å². The van der Waals surface area contributed by atoms with E-state index in [1.807, 2.05) is 30.3 Å². The molecule has 1 aromatic heterocycles. The number of hydrogen-bond donors (Lipinski definition) is 4. The first-order valence-corrected chi connectivity index (χ1v) is 7.32. The molecule has 0 saturated carbocycles. The zero-order chi connectivity index (χ0) is 16.1. The van der Waals surface area contributed by atoms with Gasteiger partial charge in [0.15, 0.2) is 0 Å². The summed E-state index contributed by atoms with van der Waals surface area (Å²) in [5, 5.41) is 17.0. The first-order chi connectivity index (χ1) is 11.3. The maximum Gasteiger partial charge on any atom is 0.226 e. The van der Waals surface area contributed by atoms with Gasteiger partial charge in [-0.25, -0.2) is 0 Å². The van der Waals surface area contributed by atoms with Crippen molar-refractivity contribution in [2.45, 2.75) is 6.42 Å². The summed E-state index contributed by atoms with van der Waals surface area (Å²) in [5.74, 6) is -0.0105. The highest BCUT2D eigenvalue weighted by Gasteiger charge is 2.16. The van der Waals surface area contributed by atoms with Crippen LogP contribution in [0, 0.1) is 5.41 Å². The average Bonchev–Trinajstić information content (AvgIpc) is 2.77. The fourth-order valence-corrected chi connectivity index (χ4v) is 2.41. The first kappa shape index (κ1) is 14.8. The minimum Gasteiger partial charge on any atom is -0.382 e. The number of nitrogens with zero attached hydrogens (tertiary/aromatic N) is 1. The van der Waals surface area contributed by atoms with Crippen molar-refractivity contribution in [1.82, 2.24) is 4.98 Å². The van der Waals surface area contributed by atoms with E-state index in [0.717, 1.165) is 22.6 Å². The Hall–Kier alpha value is -3.15. The Balaban J connectivity index is 1.94. The Labute approximate surface area is 134 Å². The maximum absolute atomic E-state index is 11.7. The fraction of sp³-hybridized carbons (Fsp3) is 0.118. The lowest BCUT2D eigenvalue weighted by Crippen LogP contribution is -2.10. The van der Waals surface area contributed by atoms with Gasteiger partial charge in [0.1, 0.15) is 0 Å². The summed E-state index contributed by atoms with van der Waals surface area (Å²) in [6.07, 6.45) is 6.88. The van der Waals surface area contributed by atoms with Crippen LogP contribution in [0.4, 0.5) is 17.1 Å². The molecule has 0 bridgehead atoms. The van der Waals surface area contributed by atoms with E-state index in [-0.39, 0.29) is 5.91 Å². The van der Waals surface area contributed by atoms with E-state index in [4.69, 9.17) is 5.41 Å². The molecule has 0 radical (unpaired) electrons. The Morgan fingerprint density at radius 2 is 2.09 bits per heavy atom. The van der Waals surface area contributed by atoms with Gasteiger partial charge in [0.25, 0.3) is 0 Å². The first-order valence-electron chi connectivity index (χ1n) is 7.32. The van der Waals surface area contributed by atoms with Crippen LogP contribution < -0.4 is 16.0 Å². The third kappa shape index (κ3) is 3.37. The molecular weight excluding hydrogens is 290 g/mol. The molecule has 1 aliphatic rings. The summed E-state index contributed by atoms with van der Waals surface area (Å²) in [4.78, 5) is 15.6. The minimum atomic E-state index is -0.0105. The monoisotopic (exact) mass is 307 g/mol. The van der Waals surface area contributed by atoms with Crippen molar-refractivity contribution in [2.75, 3.05) is 22.5 Å². The quantitative estimate of drug-likeness (QED) is 0.654. The number of anilines is 3. The highest BCUT2D eigenvalue weighted by Crippen LogP contribution is 2.32. The number of para-hydroxylation sites is 1. The van der Waals surface area contributed by atoms with Crippen LogP contribution in [0.25, 0.3) is 5.57 Å². The molecule has 3 rings (SSSR count). The molecule has 1 amide bonds. The lowest BCUT2D eigenvalue weighted by molar-refractivity contribution is -0.115. The number of benzene rings is 1. The van der Waals surface area contributed by atoms with Gasteiger partial charge in [-0.05, 0) is 18.2 Å². The predicted molar refractivity (Wildman–Crippen MR) is 92.8 cm³/mol. The van der Waals surface area contributed by atoms with Gasteiger partial charge >= 0.3 is 0 Å². The Morgan fingerprint density at radius 3 is 2.87 bits per heavy atom. The zero-order valence-electron chi connectivity index (χ0n) is 12.5. The largest absolute Gasteiger partial charge is 0.382 e. The molecule has 0 saturated heterocycles. The van der Waals surface area contributed by atoms with Gasteiger partial charge in [-0.2, -0.15) is 0 Å². The number of carbonyl (C=O) groups is 1. The molecule has 2 aromatic rings. The second-order valence-corrected chi connectivity index (χ2v) is 5.08. The number of allylic oxidation sites excluding steroid dienone is 1. The molecule has 1 aromatic carbocycles. The van der Waals surface area contributed by atoms with Crippen molar-refractivity contribution >= 4 is 34.8 Å². The van der Waals surface area contributed by atoms with Crippen LogP contribution >= 0.6 is 0 Å². The molecule has 6 nitrogen and oxygen atoms in total. The summed E-state index contributed by atoms with van der Waals surface area (Å²) in [5.41, 5.74) is 4.04. The Morgan fingerprint density at radius 1 is 1.26 bits per heavy atom. The minimum absolute atomic E-state index is 0.0105. The summed E-state index contributed by atoms with van der Waals surface area (Å²) < 4.78 is 0. The molecule has 23 heavy (non-hydrogen) atoms. The van der Waals surface area contributed by atoms with E-state index >= 15 is 0 Å². The molecule has 0 spiro atoms. The number of rotatable bonds is 4. The second-order valence-electron chi connectivity index (χ2n) is 5.08. The highest BCUT2D eigenvalue weighted by molar-refractivity contribution is 6.13. The Kier molecular flexibility index (Phi) is 4.33. The molecule has 0 unspecified atom stereocenters. The second kappa shape index (κ2) is 6.74. The van der Waals surface area contributed by atoms with E-state index in [9.17, 15) is 4.79 Å². The molecule has 0 aliphatic carbocycles. The molecule has 4 N–H and O–H groups in total. The number of hydrogen-bond acceptors (Lipinski definition) is 5. The molecule has 0 fully saturated rings. The number of amides is 1. The number of carbonyl (C=O) groups excluding carboxylic acids is 1. The van der Waals surface area contributed by atoms with Gasteiger partial charge < -0.3 is 21.4 Å². The lowest BCUT2D eigenvalue weighted by atomic mass is 10.0. The SMILES string of the molecule is N=C/C(=C\Nc1ccncc1)c1cccc2c1NCCC(=O)N2. The van der Waals surface area contributed by atoms with Crippen molar-refractivity contribution in [3.8, 4) is 0 Å². The van der Waals surface area contributed by atoms with Gasteiger partial charge in [-0.3, -0.25) is 9.78 Å². The van der Waals surface area contributed by atoms with Crippen LogP contribution in [0.3, 0.4) is 0 Å². The van der Waals surface area contributed by atoms with Crippen LogP contribution in [0.5, 0.6) is 0 Å². The van der Waals surface area contributed by atoms with Gasteiger partial charge in [0, 0.05) is 54.6 Å². The van der Waals surface area contributed by atoms with Crippen LogP contribution in [0.2, 0.25) is 0 Å². The van der Waals surface area contributed by atoms with Gasteiger partial charge in [0.2, 0.25) is 5.91 Å². The standard InChI is InChI=1S/C17H17N5O/c18-10-12(11-21-13-4-7-19-8-5-13)14-2-1-3-15-17(14)20-9-6-16(23)22-15/h1-5,7-8,10-11,18,20H,6,9H2,(H,19,21)(H,22,23)/b12-11+,18-10?. The molecule has 6 heteroatoms. The van der Waals surface area contributed by atoms with Gasteiger partial charge in [0.05, 0.1) is 11.4 Å². The normalized spacial score (nSPS) is 14.1. The average molecular weight is 307 g/mol. The smallest absolute Gasteiger partial charge is 0.226 e. The summed E-state index contributed by atoms with van der Waals surface area (Å²) in [6, 6.07) is 9.34. The third-order valence-corrected chi connectivity index (χ3v) is 3.53. The van der Waals surface area contributed by atoms with Crippen LogP contribution in [-0.2, 0) is 4.79 Å². The summed E-state index contributed by atoms with van der Waals surface area (Å²) in [7, 11) is 0. The lowest BCUT2D eigenvalue weighted by Gasteiger charge is -2.14. The zero-order valence-corrected chi connectivity index (χ0v) is 12.5. The van der Waals surface area contributed by atoms with Crippen LogP contribution in [-0.4, -0.2) is 23.7 Å². The molecule has 1 aliphatic heterocycles. The van der Waals surface area contributed by atoms with E-state index in [0.29, 0.717) is 18.5 Å². The third-order valence-electron chi connectivity index (χ3n) is 3.53. The van der Waals surface area contributed by atoms with Crippen molar-refractivity contribution in [3.63, 3.8) is 0 Å². The van der Waals surface area contributed by atoms with E-state index in [2.05, 4.69) is 20.9 Å². The Bertz CT molecular complexity index is 755. The molecule has 116 valence electrons. The number of nitrogens with one attached hydrogen (secondary N) is 4. The summed E-state index contributed by atoms with van der Waals surface area (Å²) in [6.45, 7) is 0.568. The van der Waals surface area contributed by atoms with Crippen LogP contribution in [0.15, 0.2) is 48.9 Å². The van der Waals surface area contributed by atoms with Crippen molar-refractivity contribution in [2.24, 2.45) is 0 Å². The maximum atomic E-state index is 11.7. The molecule has 0 atom stereocenters. The van der Waals surface area contributed by atoms with E-state index in [1.54, 1.807) is 18.6 Å². The predicted octanol–water partition coefficient (Wildman–Crippen LogP) is 2.94. The van der Waals surface area contributed by atoms with Crippen LogP contribution in [0.1, 0.15) is 12.0 Å². The van der Waals surface area contributed by atoms with Gasteiger partial charge in [-0.15, -0.1) is 0 Å². The van der Waals surface area contributed by atoms with Crippen molar-refractivity contribution in [3.05, 3.63) is 54.5 Å². The highest BCUT2D eigenvalue weighted by atomic mass is 16.1. The molecule has 2 heterocycles. The number of pyridine rings is 1. The summed E-state index contributed by atoms with van der Waals surface area (Å²) >= 11 is 0. The topological polar surface area (TPSA) is 89.9 Å². The fourth-order valence-electron chi connectivity index (χ4n) is 2.41. The molecular formula is C17H17N5O.